The van der Waals surface area contributed by atoms with Crippen LogP contribution in [0.1, 0.15) is 26.7 Å². The number of nitrogens with zero attached hydrogens (tertiary/aromatic N) is 1. The van der Waals surface area contributed by atoms with Crippen LogP contribution in [0.15, 0.2) is 0 Å². The summed E-state index contributed by atoms with van der Waals surface area (Å²) in [6.45, 7) is 9.29. The normalized spacial score (nSPS) is 19.8. The van der Waals surface area contributed by atoms with Crippen molar-refractivity contribution in [2.24, 2.45) is 0 Å². The summed E-state index contributed by atoms with van der Waals surface area (Å²) in [5, 5.41) is 6.09. The number of rotatable bonds is 9. The minimum Gasteiger partial charge on any atom is -0.381 e. The van der Waals surface area contributed by atoms with Crippen molar-refractivity contribution in [1.82, 2.24) is 15.5 Å². The summed E-state index contributed by atoms with van der Waals surface area (Å²) in [7, 11) is 0. The van der Waals surface area contributed by atoms with E-state index in [9.17, 15) is 4.79 Å². The van der Waals surface area contributed by atoms with Gasteiger partial charge in [-0.15, -0.1) is 0 Å². The van der Waals surface area contributed by atoms with Gasteiger partial charge in [-0.05, 0) is 32.9 Å². The number of hydrogen-bond donors (Lipinski definition) is 2. The summed E-state index contributed by atoms with van der Waals surface area (Å²) in [5.74, 6) is 0. The van der Waals surface area contributed by atoms with Crippen molar-refractivity contribution in [3.8, 4) is 0 Å². The van der Waals surface area contributed by atoms with Crippen LogP contribution in [0.5, 0.6) is 0 Å². The van der Waals surface area contributed by atoms with Gasteiger partial charge in [0, 0.05) is 32.3 Å². The summed E-state index contributed by atoms with van der Waals surface area (Å²) >= 11 is 0. The molecule has 0 saturated carbocycles. The quantitative estimate of drug-likeness (QED) is 0.589. The zero-order chi connectivity index (χ0) is 12.5. The van der Waals surface area contributed by atoms with Crippen LogP contribution < -0.4 is 10.6 Å². The van der Waals surface area contributed by atoms with E-state index in [1.165, 1.54) is 0 Å². The fourth-order valence-corrected chi connectivity index (χ4v) is 1.88. The molecule has 5 heteroatoms. The van der Waals surface area contributed by atoms with Gasteiger partial charge in [-0.2, -0.15) is 0 Å². The molecule has 5 nitrogen and oxygen atoms in total. The van der Waals surface area contributed by atoms with Gasteiger partial charge in [0.05, 0.1) is 0 Å². The molecule has 2 amide bonds. The molecule has 1 aliphatic rings. The van der Waals surface area contributed by atoms with Crippen molar-refractivity contribution in [3.63, 3.8) is 0 Å². The van der Waals surface area contributed by atoms with Crippen LogP contribution in [0.3, 0.4) is 0 Å². The van der Waals surface area contributed by atoms with E-state index in [2.05, 4.69) is 24.5 Å². The highest BCUT2D eigenvalue weighted by molar-refractivity contribution is 5.76. The molecule has 1 saturated heterocycles. The molecular weight excluding hydrogens is 218 g/mol. The van der Waals surface area contributed by atoms with E-state index in [0.29, 0.717) is 6.04 Å². The van der Waals surface area contributed by atoms with E-state index in [1.807, 2.05) is 4.90 Å². The standard InChI is InChI=1S/C12H25N3O2/c1-3-13-6-4-8-17-9-5-7-15-11(2)10-14-12(15)16/h11,13H,3-10H2,1-2H3,(H,14,16). The molecule has 100 valence electrons. The largest absolute Gasteiger partial charge is 0.381 e. The summed E-state index contributed by atoms with van der Waals surface area (Å²) < 4.78 is 5.51. The first-order chi connectivity index (χ1) is 8.25. The summed E-state index contributed by atoms with van der Waals surface area (Å²) in [4.78, 5) is 13.3. The van der Waals surface area contributed by atoms with Crippen molar-refractivity contribution < 1.29 is 9.53 Å². The molecule has 1 aliphatic heterocycles. The Morgan fingerprint density at radius 1 is 1.47 bits per heavy atom. The number of amides is 2. The van der Waals surface area contributed by atoms with E-state index in [1.54, 1.807) is 0 Å². The third kappa shape index (κ3) is 5.37. The molecule has 0 aromatic carbocycles. The predicted molar refractivity (Wildman–Crippen MR) is 68.2 cm³/mol. The van der Waals surface area contributed by atoms with Gasteiger partial charge in [0.25, 0.3) is 0 Å². The van der Waals surface area contributed by atoms with Crippen molar-refractivity contribution >= 4 is 6.03 Å². The van der Waals surface area contributed by atoms with Gasteiger partial charge in [0.1, 0.15) is 0 Å². The van der Waals surface area contributed by atoms with Gasteiger partial charge < -0.3 is 20.3 Å². The predicted octanol–water partition coefficient (Wildman–Crippen LogP) is 0.806. The minimum atomic E-state index is 0.0599. The zero-order valence-corrected chi connectivity index (χ0v) is 11.0. The highest BCUT2D eigenvalue weighted by Crippen LogP contribution is 2.06. The van der Waals surface area contributed by atoms with Crippen molar-refractivity contribution in [1.29, 1.82) is 0 Å². The lowest BCUT2D eigenvalue weighted by atomic mass is 10.3. The maximum absolute atomic E-state index is 11.4. The van der Waals surface area contributed by atoms with Crippen LogP contribution in [0, 0.1) is 0 Å². The van der Waals surface area contributed by atoms with Gasteiger partial charge >= 0.3 is 6.03 Å². The van der Waals surface area contributed by atoms with E-state index in [0.717, 1.165) is 52.2 Å². The van der Waals surface area contributed by atoms with Crippen molar-refractivity contribution in [3.05, 3.63) is 0 Å². The molecule has 0 spiro atoms. The fraction of sp³-hybridized carbons (Fsp3) is 0.917. The van der Waals surface area contributed by atoms with Crippen LogP contribution in [0.2, 0.25) is 0 Å². The number of carbonyl (C=O) groups excluding carboxylic acids is 1. The maximum Gasteiger partial charge on any atom is 0.317 e. The Kier molecular flexibility index (Phi) is 6.96. The first kappa shape index (κ1) is 14.3. The van der Waals surface area contributed by atoms with Gasteiger partial charge in [-0.3, -0.25) is 0 Å². The monoisotopic (exact) mass is 243 g/mol. The first-order valence-corrected chi connectivity index (χ1v) is 6.58. The second kappa shape index (κ2) is 8.31. The molecule has 0 radical (unpaired) electrons. The van der Waals surface area contributed by atoms with E-state index in [-0.39, 0.29) is 6.03 Å². The lowest BCUT2D eigenvalue weighted by Gasteiger charge is -2.19. The van der Waals surface area contributed by atoms with Gasteiger partial charge in [-0.25, -0.2) is 4.79 Å². The zero-order valence-electron chi connectivity index (χ0n) is 11.0. The lowest BCUT2D eigenvalue weighted by molar-refractivity contribution is 0.120. The first-order valence-electron chi connectivity index (χ1n) is 6.58. The Balaban J connectivity index is 1.92. The second-order valence-corrected chi connectivity index (χ2v) is 4.40. The molecule has 1 atom stereocenters. The number of ether oxygens (including phenoxy) is 1. The molecule has 1 fully saturated rings. The molecule has 0 bridgehead atoms. The van der Waals surface area contributed by atoms with Crippen molar-refractivity contribution in [2.45, 2.75) is 32.7 Å². The molecular formula is C12H25N3O2. The van der Waals surface area contributed by atoms with Gasteiger partial charge in [0.15, 0.2) is 0 Å². The second-order valence-electron chi connectivity index (χ2n) is 4.40. The van der Waals surface area contributed by atoms with E-state index in [4.69, 9.17) is 4.74 Å². The Morgan fingerprint density at radius 3 is 2.88 bits per heavy atom. The van der Waals surface area contributed by atoms with Crippen molar-refractivity contribution in [2.75, 3.05) is 39.4 Å². The Labute approximate surface area is 104 Å². The molecule has 17 heavy (non-hydrogen) atoms. The molecule has 0 aromatic rings. The Morgan fingerprint density at radius 2 is 2.24 bits per heavy atom. The third-order valence-corrected chi connectivity index (χ3v) is 2.92. The van der Waals surface area contributed by atoms with Crippen LogP contribution in [0.4, 0.5) is 4.79 Å². The molecule has 0 aliphatic carbocycles. The van der Waals surface area contributed by atoms with E-state index >= 15 is 0 Å². The van der Waals surface area contributed by atoms with Crippen LogP contribution in [0.25, 0.3) is 0 Å². The SMILES string of the molecule is CCNCCCOCCCN1C(=O)NCC1C. The molecule has 1 unspecified atom stereocenters. The molecule has 0 aromatic heterocycles. The maximum atomic E-state index is 11.4. The topological polar surface area (TPSA) is 53.6 Å². The van der Waals surface area contributed by atoms with Gasteiger partial charge in [-0.1, -0.05) is 6.92 Å². The van der Waals surface area contributed by atoms with Crippen LogP contribution in [-0.4, -0.2) is 56.4 Å². The molecule has 2 N–H and O–H groups in total. The average molecular weight is 243 g/mol. The highest BCUT2D eigenvalue weighted by Gasteiger charge is 2.25. The molecule has 1 rings (SSSR count). The van der Waals surface area contributed by atoms with Gasteiger partial charge in [0.2, 0.25) is 0 Å². The van der Waals surface area contributed by atoms with E-state index < -0.39 is 0 Å². The number of nitrogens with one attached hydrogen (secondary N) is 2. The molecule has 1 heterocycles. The summed E-state index contributed by atoms with van der Waals surface area (Å²) in [5.41, 5.74) is 0. The smallest absolute Gasteiger partial charge is 0.317 e. The average Bonchev–Trinajstić information content (AvgIpc) is 2.63. The fourth-order valence-electron chi connectivity index (χ4n) is 1.88. The lowest BCUT2D eigenvalue weighted by Crippen LogP contribution is -2.33. The van der Waals surface area contributed by atoms with Crippen LogP contribution in [-0.2, 0) is 4.74 Å². The number of hydrogen-bond acceptors (Lipinski definition) is 3. The summed E-state index contributed by atoms with van der Waals surface area (Å²) in [6, 6.07) is 0.376. The summed E-state index contributed by atoms with van der Waals surface area (Å²) in [6.07, 6.45) is 1.97. The highest BCUT2D eigenvalue weighted by atomic mass is 16.5. The number of urea groups is 1. The Hall–Kier alpha value is -0.810. The Bertz CT molecular complexity index is 224. The number of carbonyl (C=O) groups is 1. The third-order valence-electron chi connectivity index (χ3n) is 2.92. The van der Waals surface area contributed by atoms with Crippen LogP contribution >= 0.6 is 0 Å². The minimum absolute atomic E-state index is 0.0599.